The molecule has 1 aromatic rings. The van der Waals surface area contributed by atoms with E-state index in [1.807, 2.05) is 11.8 Å². The summed E-state index contributed by atoms with van der Waals surface area (Å²) in [4.78, 5) is 14.2. The average Bonchev–Trinajstić information content (AvgIpc) is 2.82. The van der Waals surface area contributed by atoms with E-state index in [9.17, 15) is 4.79 Å². The van der Waals surface area contributed by atoms with Crippen molar-refractivity contribution in [3.63, 3.8) is 0 Å². The zero-order valence-electron chi connectivity index (χ0n) is 11.1. The molecule has 2 heterocycles. The molecular formula is C13H21N3O2. The van der Waals surface area contributed by atoms with Gasteiger partial charge in [0.1, 0.15) is 11.3 Å². The summed E-state index contributed by atoms with van der Waals surface area (Å²) in [6.45, 7) is 7.42. The highest BCUT2D eigenvalue weighted by molar-refractivity contribution is 5.94. The maximum absolute atomic E-state index is 12.3. The van der Waals surface area contributed by atoms with E-state index >= 15 is 0 Å². The summed E-state index contributed by atoms with van der Waals surface area (Å²) < 4.78 is 4.96. The third kappa shape index (κ3) is 2.90. The van der Waals surface area contributed by atoms with Crippen molar-refractivity contribution in [2.24, 2.45) is 5.92 Å². The molecule has 5 nitrogen and oxygen atoms in total. The van der Waals surface area contributed by atoms with Gasteiger partial charge in [0.05, 0.1) is 6.20 Å². The smallest absolute Gasteiger partial charge is 0.259 e. The minimum atomic E-state index is 0.0295. The van der Waals surface area contributed by atoms with Crippen molar-refractivity contribution in [1.29, 1.82) is 0 Å². The molecule has 1 aromatic heterocycles. The molecule has 1 aliphatic heterocycles. The second-order valence-corrected chi connectivity index (χ2v) is 4.85. The Hall–Kier alpha value is -1.36. The molecule has 2 rings (SSSR count). The largest absolute Gasteiger partial charge is 0.361 e. The van der Waals surface area contributed by atoms with Crippen LogP contribution in [0, 0.1) is 12.8 Å². The Kier molecular flexibility index (Phi) is 4.36. The Morgan fingerprint density at radius 2 is 2.50 bits per heavy atom. The summed E-state index contributed by atoms with van der Waals surface area (Å²) in [5.41, 5.74) is 0.584. The molecule has 1 saturated heterocycles. The first-order valence-corrected chi connectivity index (χ1v) is 6.63. The van der Waals surface area contributed by atoms with E-state index in [1.165, 1.54) is 19.0 Å². The fourth-order valence-corrected chi connectivity index (χ4v) is 2.42. The fourth-order valence-electron chi connectivity index (χ4n) is 2.42. The highest BCUT2D eigenvalue weighted by Crippen LogP contribution is 2.15. The van der Waals surface area contributed by atoms with Gasteiger partial charge in [-0.15, -0.1) is 0 Å². The lowest BCUT2D eigenvalue weighted by Gasteiger charge is -2.29. The number of carbonyl (C=O) groups is 1. The van der Waals surface area contributed by atoms with E-state index in [0.29, 0.717) is 17.2 Å². The zero-order chi connectivity index (χ0) is 13.0. The molecule has 0 bridgehead atoms. The van der Waals surface area contributed by atoms with Crippen molar-refractivity contribution in [2.45, 2.75) is 26.7 Å². The predicted octanol–water partition coefficient (Wildman–Crippen LogP) is 1.44. The highest BCUT2D eigenvalue weighted by atomic mass is 16.5. The highest BCUT2D eigenvalue weighted by Gasteiger charge is 2.23. The van der Waals surface area contributed by atoms with E-state index in [1.54, 1.807) is 6.92 Å². The van der Waals surface area contributed by atoms with Crippen LogP contribution in [0.15, 0.2) is 10.7 Å². The van der Waals surface area contributed by atoms with E-state index in [2.05, 4.69) is 10.5 Å². The van der Waals surface area contributed by atoms with E-state index in [4.69, 9.17) is 4.52 Å². The number of amides is 1. The molecule has 0 saturated carbocycles. The summed E-state index contributed by atoms with van der Waals surface area (Å²) in [6.07, 6.45) is 3.90. The SMILES string of the molecule is CCN(CC1CCCNC1)C(=O)c1cnoc1C. The van der Waals surface area contributed by atoms with Crippen molar-refractivity contribution < 1.29 is 9.32 Å². The minimum Gasteiger partial charge on any atom is -0.361 e. The summed E-state index contributed by atoms with van der Waals surface area (Å²) in [5, 5.41) is 7.05. The molecule has 0 radical (unpaired) electrons. The maximum Gasteiger partial charge on any atom is 0.259 e. The van der Waals surface area contributed by atoms with E-state index in [-0.39, 0.29) is 5.91 Å². The first-order valence-electron chi connectivity index (χ1n) is 6.63. The Morgan fingerprint density at radius 1 is 1.67 bits per heavy atom. The lowest BCUT2D eigenvalue weighted by molar-refractivity contribution is 0.0727. The lowest BCUT2D eigenvalue weighted by atomic mass is 9.99. The summed E-state index contributed by atoms with van der Waals surface area (Å²) >= 11 is 0. The number of nitrogens with zero attached hydrogens (tertiary/aromatic N) is 2. The zero-order valence-corrected chi connectivity index (χ0v) is 11.1. The first-order chi connectivity index (χ1) is 8.72. The predicted molar refractivity (Wildman–Crippen MR) is 68.4 cm³/mol. The Bertz CT molecular complexity index is 397. The van der Waals surface area contributed by atoms with Gasteiger partial charge in [-0.2, -0.15) is 0 Å². The van der Waals surface area contributed by atoms with E-state index in [0.717, 1.165) is 26.2 Å². The molecule has 0 aromatic carbocycles. The van der Waals surface area contributed by atoms with Gasteiger partial charge in [-0.25, -0.2) is 0 Å². The Balaban J connectivity index is 1.99. The van der Waals surface area contributed by atoms with Gasteiger partial charge in [-0.3, -0.25) is 4.79 Å². The van der Waals surface area contributed by atoms with Crippen LogP contribution in [0.25, 0.3) is 0 Å². The third-order valence-corrected chi connectivity index (χ3v) is 3.53. The number of aromatic nitrogens is 1. The number of piperidine rings is 1. The molecule has 5 heteroatoms. The van der Waals surface area contributed by atoms with Crippen molar-refractivity contribution in [3.8, 4) is 0 Å². The van der Waals surface area contributed by atoms with Gasteiger partial charge in [-0.1, -0.05) is 5.16 Å². The fraction of sp³-hybridized carbons (Fsp3) is 0.692. The monoisotopic (exact) mass is 251 g/mol. The van der Waals surface area contributed by atoms with Crippen LogP contribution in [0.2, 0.25) is 0 Å². The maximum atomic E-state index is 12.3. The minimum absolute atomic E-state index is 0.0295. The van der Waals surface area contributed by atoms with Crippen LogP contribution in [0.4, 0.5) is 0 Å². The summed E-state index contributed by atoms with van der Waals surface area (Å²) in [7, 11) is 0. The quantitative estimate of drug-likeness (QED) is 0.880. The number of aryl methyl sites for hydroxylation is 1. The molecule has 1 amide bonds. The Labute approximate surface area is 108 Å². The third-order valence-electron chi connectivity index (χ3n) is 3.53. The first kappa shape index (κ1) is 13.1. The summed E-state index contributed by atoms with van der Waals surface area (Å²) in [5.74, 6) is 1.19. The molecule has 0 aliphatic carbocycles. The molecule has 18 heavy (non-hydrogen) atoms. The van der Waals surface area contributed by atoms with Gasteiger partial charge in [0.25, 0.3) is 5.91 Å². The summed E-state index contributed by atoms with van der Waals surface area (Å²) in [6, 6.07) is 0. The number of rotatable bonds is 4. The van der Waals surface area contributed by atoms with Crippen molar-refractivity contribution in [3.05, 3.63) is 17.5 Å². The van der Waals surface area contributed by atoms with Gasteiger partial charge < -0.3 is 14.7 Å². The molecule has 0 spiro atoms. The topological polar surface area (TPSA) is 58.4 Å². The number of hydrogen-bond donors (Lipinski definition) is 1. The number of nitrogens with one attached hydrogen (secondary N) is 1. The number of carbonyl (C=O) groups excluding carboxylic acids is 1. The average molecular weight is 251 g/mol. The molecular weight excluding hydrogens is 230 g/mol. The van der Waals surface area contributed by atoms with Crippen LogP contribution in [0.5, 0.6) is 0 Å². The van der Waals surface area contributed by atoms with Gasteiger partial charge in [0.15, 0.2) is 0 Å². The molecule has 1 fully saturated rings. The molecule has 1 N–H and O–H groups in total. The van der Waals surface area contributed by atoms with E-state index < -0.39 is 0 Å². The van der Waals surface area contributed by atoms with Crippen LogP contribution >= 0.6 is 0 Å². The normalized spacial score (nSPS) is 19.8. The molecule has 1 atom stereocenters. The van der Waals surface area contributed by atoms with Gasteiger partial charge >= 0.3 is 0 Å². The lowest BCUT2D eigenvalue weighted by Crippen LogP contribution is -2.41. The van der Waals surface area contributed by atoms with Gasteiger partial charge in [-0.05, 0) is 45.7 Å². The second-order valence-electron chi connectivity index (χ2n) is 4.85. The van der Waals surface area contributed by atoms with Crippen LogP contribution < -0.4 is 5.32 Å². The second kappa shape index (κ2) is 6.00. The standard InChI is InChI=1S/C13H21N3O2/c1-3-16(9-11-5-4-6-14-7-11)13(17)12-8-15-18-10(12)2/h8,11,14H,3-7,9H2,1-2H3. The van der Waals surface area contributed by atoms with Gasteiger partial charge in [0.2, 0.25) is 0 Å². The van der Waals surface area contributed by atoms with Crippen molar-refractivity contribution in [1.82, 2.24) is 15.4 Å². The van der Waals surface area contributed by atoms with Crippen LogP contribution in [0.1, 0.15) is 35.9 Å². The van der Waals surface area contributed by atoms with Crippen LogP contribution in [0.3, 0.4) is 0 Å². The molecule has 100 valence electrons. The van der Waals surface area contributed by atoms with Gasteiger partial charge in [0, 0.05) is 13.1 Å². The van der Waals surface area contributed by atoms with Crippen LogP contribution in [-0.2, 0) is 0 Å². The van der Waals surface area contributed by atoms with Crippen molar-refractivity contribution in [2.75, 3.05) is 26.2 Å². The number of hydrogen-bond acceptors (Lipinski definition) is 4. The molecule has 1 unspecified atom stereocenters. The Morgan fingerprint density at radius 3 is 3.06 bits per heavy atom. The van der Waals surface area contributed by atoms with Crippen molar-refractivity contribution >= 4 is 5.91 Å². The van der Waals surface area contributed by atoms with Crippen LogP contribution in [-0.4, -0.2) is 42.1 Å². The molecule has 1 aliphatic rings.